The lowest BCUT2D eigenvalue weighted by molar-refractivity contribution is -0.159. The summed E-state index contributed by atoms with van der Waals surface area (Å²) in [6, 6.07) is 0. The molecular formula is C11H15BrO4. The Labute approximate surface area is 103 Å². The van der Waals surface area contributed by atoms with Crippen LogP contribution in [0.2, 0.25) is 0 Å². The first-order valence-corrected chi connectivity index (χ1v) is 6.31. The topological polar surface area (TPSA) is 52.6 Å². The van der Waals surface area contributed by atoms with Gasteiger partial charge >= 0.3 is 11.9 Å². The summed E-state index contributed by atoms with van der Waals surface area (Å²) in [5.74, 6) is -0.737. The van der Waals surface area contributed by atoms with Crippen molar-refractivity contribution in [3.05, 3.63) is 0 Å². The van der Waals surface area contributed by atoms with Crippen molar-refractivity contribution < 1.29 is 19.1 Å². The van der Waals surface area contributed by atoms with Crippen molar-refractivity contribution in [2.45, 2.75) is 17.7 Å². The molecule has 90 valence electrons. The van der Waals surface area contributed by atoms with E-state index in [4.69, 9.17) is 9.47 Å². The van der Waals surface area contributed by atoms with Gasteiger partial charge in [-0.3, -0.25) is 9.59 Å². The van der Waals surface area contributed by atoms with E-state index in [1.165, 1.54) is 14.2 Å². The first-order valence-electron chi connectivity index (χ1n) is 5.39. The third kappa shape index (κ3) is 1.65. The Morgan fingerprint density at radius 2 is 1.62 bits per heavy atom. The molecule has 2 saturated carbocycles. The maximum atomic E-state index is 11.7. The van der Waals surface area contributed by atoms with Gasteiger partial charge in [-0.05, 0) is 24.7 Å². The number of hydrogen-bond acceptors (Lipinski definition) is 4. The van der Waals surface area contributed by atoms with Crippen LogP contribution in [0.5, 0.6) is 0 Å². The summed E-state index contributed by atoms with van der Waals surface area (Å²) in [5, 5.41) is 0. The van der Waals surface area contributed by atoms with Gasteiger partial charge in [-0.2, -0.15) is 0 Å². The molecule has 2 fully saturated rings. The smallest absolute Gasteiger partial charge is 0.309 e. The molecule has 0 amide bonds. The Balaban J connectivity index is 2.24. The van der Waals surface area contributed by atoms with Crippen molar-refractivity contribution in [2.75, 3.05) is 14.2 Å². The zero-order valence-corrected chi connectivity index (χ0v) is 10.9. The zero-order chi connectivity index (χ0) is 11.9. The molecule has 0 aliphatic heterocycles. The second-order valence-corrected chi connectivity index (χ2v) is 5.69. The number of alkyl halides is 1. The second-order valence-electron chi connectivity index (χ2n) is 4.51. The third-order valence-electron chi connectivity index (χ3n) is 3.87. The van der Waals surface area contributed by atoms with Crippen LogP contribution in [0, 0.1) is 23.7 Å². The van der Waals surface area contributed by atoms with E-state index in [1.54, 1.807) is 0 Å². The standard InChI is InChI=1S/C11H15BrO4/c1-15-10(13)8-5-3-6(7(12)4-5)9(8)11(14)16-2/h5-9H,3-4H2,1-2H3/t5-,6-,7-,8-,9+/m1/s1. The number of ether oxygens (including phenoxy) is 2. The molecule has 5 heteroatoms. The van der Waals surface area contributed by atoms with E-state index in [1.807, 2.05) is 0 Å². The quantitative estimate of drug-likeness (QED) is 0.569. The summed E-state index contributed by atoms with van der Waals surface area (Å²) in [7, 11) is 2.74. The van der Waals surface area contributed by atoms with Gasteiger partial charge in [0.25, 0.3) is 0 Å². The summed E-state index contributed by atoms with van der Waals surface area (Å²) < 4.78 is 9.58. The Kier molecular flexibility index (Phi) is 3.24. The van der Waals surface area contributed by atoms with Gasteiger partial charge in [0, 0.05) is 4.83 Å². The molecule has 2 aliphatic rings. The van der Waals surface area contributed by atoms with Gasteiger partial charge in [0.1, 0.15) is 0 Å². The van der Waals surface area contributed by atoms with Crippen molar-refractivity contribution in [3.63, 3.8) is 0 Å². The molecule has 4 nitrogen and oxygen atoms in total. The summed E-state index contributed by atoms with van der Waals surface area (Å²) in [6.45, 7) is 0. The van der Waals surface area contributed by atoms with E-state index in [0.717, 1.165) is 12.8 Å². The Morgan fingerprint density at radius 1 is 1.06 bits per heavy atom. The fraction of sp³-hybridized carbons (Fsp3) is 0.818. The predicted octanol–water partition coefficient (Wildman–Crippen LogP) is 1.37. The summed E-state index contributed by atoms with van der Waals surface area (Å²) in [6.07, 6.45) is 1.85. The van der Waals surface area contributed by atoms with Crippen LogP contribution >= 0.6 is 15.9 Å². The van der Waals surface area contributed by atoms with Gasteiger partial charge in [0.05, 0.1) is 26.1 Å². The van der Waals surface area contributed by atoms with Crippen molar-refractivity contribution in [2.24, 2.45) is 23.7 Å². The zero-order valence-electron chi connectivity index (χ0n) is 9.31. The molecule has 0 spiro atoms. The van der Waals surface area contributed by atoms with E-state index in [0.29, 0.717) is 4.83 Å². The molecule has 2 aliphatic carbocycles. The predicted molar refractivity (Wildman–Crippen MR) is 59.9 cm³/mol. The number of methoxy groups -OCH3 is 2. The molecule has 0 heterocycles. The minimum atomic E-state index is -0.333. The number of halogens is 1. The normalized spacial score (nSPS) is 40.8. The molecule has 5 atom stereocenters. The maximum Gasteiger partial charge on any atom is 0.309 e. The van der Waals surface area contributed by atoms with Crippen molar-refractivity contribution in [3.8, 4) is 0 Å². The van der Waals surface area contributed by atoms with Crippen LogP contribution in [0.15, 0.2) is 0 Å². The van der Waals surface area contributed by atoms with Crippen LogP contribution in [0.3, 0.4) is 0 Å². The average Bonchev–Trinajstić information content (AvgIpc) is 2.82. The molecule has 0 N–H and O–H groups in total. The average molecular weight is 291 g/mol. The summed E-state index contributed by atoms with van der Waals surface area (Å²) in [4.78, 5) is 23.7. The lowest BCUT2D eigenvalue weighted by atomic mass is 9.79. The maximum absolute atomic E-state index is 11.7. The highest BCUT2D eigenvalue weighted by Crippen LogP contribution is 2.55. The van der Waals surface area contributed by atoms with E-state index >= 15 is 0 Å². The lowest BCUT2D eigenvalue weighted by Crippen LogP contribution is -2.39. The van der Waals surface area contributed by atoms with Crippen molar-refractivity contribution in [1.82, 2.24) is 0 Å². The molecule has 0 radical (unpaired) electrons. The SMILES string of the molecule is COC(=O)[C@@H]1[C@@H]2C[C@@H]([C@@H]1C(=O)OC)[C@H](Br)C2. The number of carbonyl (C=O) groups excluding carboxylic acids is 2. The Morgan fingerprint density at radius 3 is 2.19 bits per heavy atom. The van der Waals surface area contributed by atoms with Gasteiger partial charge < -0.3 is 9.47 Å². The highest BCUT2D eigenvalue weighted by molar-refractivity contribution is 9.09. The monoisotopic (exact) mass is 290 g/mol. The van der Waals surface area contributed by atoms with E-state index in [-0.39, 0.29) is 35.6 Å². The molecular weight excluding hydrogens is 276 g/mol. The number of hydrogen-bond donors (Lipinski definition) is 0. The van der Waals surface area contributed by atoms with E-state index < -0.39 is 0 Å². The molecule has 0 aromatic carbocycles. The van der Waals surface area contributed by atoms with Crippen LogP contribution in [0.4, 0.5) is 0 Å². The first-order chi connectivity index (χ1) is 7.60. The van der Waals surface area contributed by atoms with Crippen LogP contribution in [0.1, 0.15) is 12.8 Å². The molecule has 0 saturated heterocycles. The van der Waals surface area contributed by atoms with Gasteiger partial charge in [-0.25, -0.2) is 0 Å². The molecule has 2 rings (SSSR count). The third-order valence-corrected chi connectivity index (χ3v) is 4.92. The van der Waals surface area contributed by atoms with Crippen LogP contribution in [-0.4, -0.2) is 31.0 Å². The Hall–Kier alpha value is -0.580. The van der Waals surface area contributed by atoms with Crippen molar-refractivity contribution >= 4 is 27.9 Å². The number of rotatable bonds is 2. The number of carbonyl (C=O) groups is 2. The van der Waals surface area contributed by atoms with Crippen LogP contribution < -0.4 is 0 Å². The van der Waals surface area contributed by atoms with E-state index in [9.17, 15) is 9.59 Å². The van der Waals surface area contributed by atoms with Crippen molar-refractivity contribution in [1.29, 1.82) is 0 Å². The molecule has 2 bridgehead atoms. The fourth-order valence-electron chi connectivity index (χ4n) is 3.21. The van der Waals surface area contributed by atoms with Crippen LogP contribution in [-0.2, 0) is 19.1 Å². The lowest BCUT2D eigenvalue weighted by Gasteiger charge is -2.29. The van der Waals surface area contributed by atoms with Gasteiger partial charge in [0.2, 0.25) is 0 Å². The second kappa shape index (κ2) is 4.35. The Bertz CT molecular complexity index is 317. The largest absolute Gasteiger partial charge is 0.469 e. The highest BCUT2D eigenvalue weighted by Gasteiger charge is 2.58. The van der Waals surface area contributed by atoms with Gasteiger partial charge in [-0.15, -0.1) is 0 Å². The van der Waals surface area contributed by atoms with E-state index in [2.05, 4.69) is 15.9 Å². The highest BCUT2D eigenvalue weighted by atomic mass is 79.9. The summed E-state index contributed by atoms with van der Waals surface area (Å²) in [5.41, 5.74) is 0. The molecule has 0 aromatic rings. The van der Waals surface area contributed by atoms with Gasteiger partial charge in [0.15, 0.2) is 0 Å². The van der Waals surface area contributed by atoms with Gasteiger partial charge in [-0.1, -0.05) is 15.9 Å². The van der Waals surface area contributed by atoms with Crippen LogP contribution in [0.25, 0.3) is 0 Å². The molecule has 0 aromatic heterocycles. The minimum absolute atomic E-state index is 0.210. The fourth-order valence-corrected chi connectivity index (χ4v) is 4.24. The summed E-state index contributed by atoms with van der Waals surface area (Å²) >= 11 is 3.57. The molecule has 0 unspecified atom stereocenters. The number of fused-ring (bicyclic) bond motifs is 2. The number of esters is 2. The minimum Gasteiger partial charge on any atom is -0.469 e. The first kappa shape index (κ1) is 11.9. The molecule has 16 heavy (non-hydrogen) atoms.